The minimum Gasteiger partial charge on any atom is -0.492 e. The average molecular weight is 485 g/mol. The Hall–Kier alpha value is -3.39. The van der Waals surface area contributed by atoms with Gasteiger partial charge in [-0.2, -0.15) is 0 Å². The van der Waals surface area contributed by atoms with Gasteiger partial charge in [0, 0.05) is 0 Å². The van der Waals surface area contributed by atoms with E-state index in [1.54, 1.807) is 12.1 Å². The molecule has 1 N–H and O–H groups in total. The van der Waals surface area contributed by atoms with Crippen LogP contribution in [0.5, 0.6) is 5.75 Å². The predicted octanol–water partition coefficient (Wildman–Crippen LogP) is 4.48. The molecule has 0 aliphatic heterocycles. The van der Waals surface area contributed by atoms with Crippen LogP contribution in [0.15, 0.2) is 77.7 Å². The molecule has 0 aliphatic carbocycles. The Morgan fingerprint density at radius 2 is 1.68 bits per heavy atom. The van der Waals surface area contributed by atoms with Gasteiger partial charge in [-0.3, -0.25) is 9.10 Å². The third kappa shape index (κ3) is 6.57. The van der Waals surface area contributed by atoms with E-state index in [0.717, 1.165) is 28.8 Å². The third-order valence-corrected chi connectivity index (χ3v) is 6.95. The number of nitrogens with one attached hydrogen (secondary N) is 1. The first-order chi connectivity index (χ1) is 16.3. The van der Waals surface area contributed by atoms with Gasteiger partial charge in [0.1, 0.15) is 24.7 Å². The fourth-order valence-corrected chi connectivity index (χ4v) is 4.81. The van der Waals surface area contributed by atoms with Crippen LogP contribution >= 0.6 is 0 Å². The standard InChI is InChI=1S/C26H29FN2O4S/c1-3-6-21-11-13-22(14-12-21)33-18-17-28-26(30)19-29(25-8-5-4-7-24(25)27)34(31,32)23-15-9-20(2)10-16-23/h4-5,7-16H,3,6,17-19H2,1-2H3,(H,28,30). The maximum atomic E-state index is 14.5. The van der Waals surface area contributed by atoms with E-state index in [9.17, 15) is 17.6 Å². The van der Waals surface area contributed by atoms with Gasteiger partial charge in [0.15, 0.2) is 0 Å². The largest absolute Gasteiger partial charge is 0.492 e. The summed E-state index contributed by atoms with van der Waals surface area (Å²) in [4.78, 5) is 12.6. The van der Waals surface area contributed by atoms with Gasteiger partial charge in [0.05, 0.1) is 17.1 Å². The number of rotatable bonds is 11. The second-order valence-corrected chi connectivity index (χ2v) is 9.73. The molecule has 34 heavy (non-hydrogen) atoms. The Balaban J connectivity index is 1.66. The number of amides is 1. The molecule has 0 aliphatic rings. The van der Waals surface area contributed by atoms with Crippen molar-refractivity contribution in [3.05, 3.63) is 89.7 Å². The zero-order valence-electron chi connectivity index (χ0n) is 19.3. The number of anilines is 1. The molecular weight excluding hydrogens is 455 g/mol. The molecule has 0 spiro atoms. The molecule has 3 aromatic rings. The summed E-state index contributed by atoms with van der Waals surface area (Å²) >= 11 is 0. The van der Waals surface area contributed by atoms with Gasteiger partial charge in [0.2, 0.25) is 5.91 Å². The van der Waals surface area contributed by atoms with Crippen molar-refractivity contribution in [2.45, 2.75) is 31.6 Å². The smallest absolute Gasteiger partial charge is 0.264 e. The van der Waals surface area contributed by atoms with Crippen molar-refractivity contribution in [3.63, 3.8) is 0 Å². The van der Waals surface area contributed by atoms with Gasteiger partial charge < -0.3 is 10.1 Å². The number of hydrogen-bond donors (Lipinski definition) is 1. The maximum absolute atomic E-state index is 14.5. The van der Waals surface area contributed by atoms with Gasteiger partial charge in [-0.15, -0.1) is 0 Å². The second kappa shape index (κ2) is 11.7. The molecule has 0 saturated heterocycles. The normalized spacial score (nSPS) is 11.1. The van der Waals surface area contributed by atoms with Crippen LogP contribution in [-0.4, -0.2) is 34.0 Å². The monoisotopic (exact) mass is 484 g/mol. The van der Waals surface area contributed by atoms with Crippen molar-refractivity contribution in [1.82, 2.24) is 5.32 Å². The Bertz CT molecular complexity index is 1200. The van der Waals surface area contributed by atoms with Crippen LogP contribution in [-0.2, 0) is 21.2 Å². The Kier molecular flexibility index (Phi) is 8.65. The van der Waals surface area contributed by atoms with Crippen LogP contribution in [0.4, 0.5) is 10.1 Å². The average Bonchev–Trinajstić information content (AvgIpc) is 2.82. The molecule has 1 amide bonds. The maximum Gasteiger partial charge on any atom is 0.264 e. The second-order valence-electron chi connectivity index (χ2n) is 7.87. The van der Waals surface area contributed by atoms with Crippen molar-refractivity contribution in [3.8, 4) is 5.75 Å². The summed E-state index contributed by atoms with van der Waals surface area (Å²) in [5, 5.41) is 2.64. The lowest BCUT2D eigenvalue weighted by atomic mass is 10.1. The molecule has 0 unspecified atom stereocenters. The minimum atomic E-state index is -4.17. The molecule has 6 nitrogen and oxygen atoms in total. The molecular formula is C26H29FN2O4S. The van der Waals surface area contributed by atoms with Crippen LogP contribution in [0.2, 0.25) is 0 Å². The van der Waals surface area contributed by atoms with Crippen LogP contribution in [0.3, 0.4) is 0 Å². The van der Waals surface area contributed by atoms with E-state index in [1.165, 1.54) is 35.9 Å². The molecule has 3 aromatic carbocycles. The van der Waals surface area contributed by atoms with Crippen molar-refractivity contribution in [1.29, 1.82) is 0 Å². The summed E-state index contributed by atoms with van der Waals surface area (Å²) in [6, 6.07) is 19.4. The predicted molar refractivity (Wildman–Crippen MR) is 131 cm³/mol. The molecule has 0 radical (unpaired) electrons. The number of carbonyl (C=O) groups is 1. The Morgan fingerprint density at radius 1 is 1.00 bits per heavy atom. The van der Waals surface area contributed by atoms with Gasteiger partial charge in [-0.1, -0.05) is 55.3 Å². The van der Waals surface area contributed by atoms with Crippen LogP contribution in [0.1, 0.15) is 24.5 Å². The summed E-state index contributed by atoms with van der Waals surface area (Å²) in [6.45, 7) is 3.77. The molecule has 0 fully saturated rings. The van der Waals surface area contributed by atoms with E-state index in [-0.39, 0.29) is 23.7 Å². The zero-order chi connectivity index (χ0) is 24.6. The molecule has 0 saturated carbocycles. The van der Waals surface area contributed by atoms with Crippen LogP contribution < -0.4 is 14.4 Å². The number of nitrogens with zero attached hydrogens (tertiary/aromatic N) is 1. The lowest BCUT2D eigenvalue weighted by Crippen LogP contribution is -2.42. The van der Waals surface area contributed by atoms with Crippen molar-refractivity contribution in [2.75, 3.05) is 24.0 Å². The summed E-state index contributed by atoms with van der Waals surface area (Å²) in [5.41, 5.74) is 1.92. The fourth-order valence-electron chi connectivity index (χ4n) is 3.38. The van der Waals surface area contributed by atoms with Gasteiger partial charge in [-0.25, -0.2) is 12.8 Å². The van der Waals surface area contributed by atoms with Crippen LogP contribution in [0, 0.1) is 12.7 Å². The van der Waals surface area contributed by atoms with Gasteiger partial charge in [0.25, 0.3) is 10.0 Å². The van der Waals surface area contributed by atoms with E-state index in [4.69, 9.17) is 4.74 Å². The number of hydrogen-bond acceptors (Lipinski definition) is 4. The quantitative estimate of drug-likeness (QED) is 0.407. The molecule has 0 bridgehead atoms. The number of aryl methyl sites for hydroxylation is 2. The van der Waals surface area contributed by atoms with Gasteiger partial charge in [-0.05, 0) is 55.3 Å². The summed E-state index contributed by atoms with van der Waals surface area (Å²) in [7, 11) is -4.17. The Morgan fingerprint density at radius 3 is 2.32 bits per heavy atom. The molecule has 0 aromatic heterocycles. The first-order valence-electron chi connectivity index (χ1n) is 11.1. The van der Waals surface area contributed by atoms with E-state index in [1.807, 2.05) is 31.2 Å². The van der Waals surface area contributed by atoms with Crippen LogP contribution in [0.25, 0.3) is 0 Å². The summed E-state index contributed by atoms with van der Waals surface area (Å²) < 4.78 is 47.5. The molecule has 8 heteroatoms. The number of ether oxygens (including phenoxy) is 1. The minimum absolute atomic E-state index is 0.0241. The SMILES string of the molecule is CCCc1ccc(OCCNC(=O)CN(c2ccccc2F)S(=O)(=O)c2ccc(C)cc2)cc1. The highest BCUT2D eigenvalue weighted by Gasteiger charge is 2.29. The highest BCUT2D eigenvalue weighted by atomic mass is 32.2. The topological polar surface area (TPSA) is 75.7 Å². The summed E-state index contributed by atoms with van der Waals surface area (Å²) in [6.07, 6.45) is 2.07. The third-order valence-electron chi connectivity index (χ3n) is 5.17. The van der Waals surface area contributed by atoms with E-state index < -0.39 is 28.3 Å². The number of halogens is 1. The van der Waals surface area contributed by atoms with Crippen molar-refractivity contribution >= 4 is 21.6 Å². The lowest BCUT2D eigenvalue weighted by molar-refractivity contribution is -0.119. The highest BCUT2D eigenvalue weighted by Crippen LogP contribution is 2.26. The molecule has 0 heterocycles. The fraction of sp³-hybridized carbons (Fsp3) is 0.269. The first-order valence-corrected chi connectivity index (χ1v) is 12.6. The first kappa shape index (κ1) is 25.2. The molecule has 3 rings (SSSR count). The van der Waals surface area contributed by atoms with Gasteiger partial charge >= 0.3 is 0 Å². The Labute approximate surface area is 200 Å². The number of para-hydroxylation sites is 1. The number of sulfonamides is 1. The molecule has 0 atom stereocenters. The zero-order valence-corrected chi connectivity index (χ0v) is 20.1. The number of carbonyl (C=O) groups excluding carboxylic acids is 1. The summed E-state index contributed by atoms with van der Waals surface area (Å²) in [5.74, 6) is -0.620. The highest BCUT2D eigenvalue weighted by molar-refractivity contribution is 7.92. The van der Waals surface area contributed by atoms with Crippen molar-refractivity contribution in [2.24, 2.45) is 0 Å². The van der Waals surface area contributed by atoms with E-state index in [0.29, 0.717) is 5.75 Å². The van der Waals surface area contributed by atoms with Crippen molar-refractivity contribution < 1.29 is 22.3 Å². The molecule has 180 valence electrons. The van der Waals surface area contributed by atoms with E-state index >= 15 is 0 Å². The lowest BCUT2D eigenvalue weighted by Gasteiger charge is -2.24. The number of benzene rings is 3. The van der Waals surface area contributed by atoms with E-state index in [2.05, 4.69) is 12.2 Å².